The van der Waals surface area contributed by atoms with Crippen LogP contribution >= 0.6 is 0 Å². The van der Waals surface area contributed by atoms with E-state index >= 15 is 0 Å². The summed E-state index contributed by atoms with van der Waals surface area (Å²) in [5.74, 6) is 0.624. The van der Waals surface area contributed by atoms with Crippen LogP contribution in [0.25, 0.3) is 0 Å². The Morgan fingerprint density at radius 1 is 1.39 bits per heavy atom. The van der Waals surface area contributed by atoms with Crippen LogP contribution in [-0.4, -0.2) is 22.8 Å². The van der Waals surface area contributed by atoms with Gasteiger partial charge in [0.2, 0.25) is 0 Å². The fourth-order valence-corrected chi connectivity index (χ4v) is 2.68. The summed E-state index contributed by atoms with van der Waals surface area (Å²) >= 11 is 0. The van der Waals surface area contributed by atoms with Crippen molar-refractivity contribution in [2.75, 3.05) is 0 Å². The molecule has 2 aliphatic rings. The van der Waals surface area contributed by atoms with Crippen LogP contribution in [0.15, 0.2) is 35.4 Å². The summed E-state index contributed by atoms with van der Waals surface area (Å²) in [5.41, 5.74) is 1.27. The minimum atomic E-state index is 0.0937. The quantitative estimate of drug-likeness (QED) is 0.883. The number of carbonyl (C=O) groups excluding carboxylic acids is 1. The Morgan fingerprint density at radius 3 is 2.89 bits per heavy atom. The molecule has 1 N–H and O–H groups in total. The van der Waals surface area contributed by atoms with Crippen molar-refractivity contribution >= 4 is 11.6 Å². The predicted molar refractivity (Wildman–Crippen MR) is 69.9 cm³/mol. The standard InChI is InChI=1S/C14H17N3O/c1-2-12(18)14-15-13-9-8-11(17(13)16-14)10-6-4-3-5-7-10/h3-7,11,13H,2,8-9H2,1H3,(H,15,16)/t11-,13?/m0/s1. The number of fused-ring (bicyclic) bond motifs is 1. The van der Waals surface area contributed by atoms with Crippen LogP contribution < -0.4 is 5.32 Å². The summed E-state index contributed by atoms with van der Waals surface area (Å²) in [5, 5.41) is 9.75. The van der Waals surface area contributed by atoms with Crippen LogP contribution in [0.4, 0.5) is 0 Å². The van der Waals surface area contributed by atoms with Gasteiger partial charge in [0, 0.05) is 6.42 Å². The molecule has 94 valence electrons. The molecule has 1 unspecified atom stereocenters. The van der Waals surface area contributed by atoms with Gasteiger partial charge in [0.25, 0.3) is 0 Å². The zero-order valence-corrected chi connectivity index (χ0v) is 10.5. The van der Waals surface area contributed by atoms with E-state index in [1.807, 2.05) is 25.1 Å². The molecular weight excluding hydrogens is 226 g/mol. The van der Waals surface area contributed by atoms with Gasteiger partial charge in [-0.15, -0.1) is 0 Å². The summed E-state index contributed by atoms with van der Waals surface area (Å²) in [7, 11) is 0. The van der Waals surface area contributed by atoms with Gasteiger partial charge in [0.1, 0.15) is 6.17 Å². The molecule has 1 aromatic rings. The number of Topliss-reactive ketones (excluding diaryl/α,β-unsaturated/α-hetero) is 1. The van der Waals surface area contributed by atoms with Crippen LogP contribution in [0.2, 0.25) is 0 Å². The van der Waals surface area contributed by atoms with E-state index in [2.05, 4.69) is 27.6 Å². The molecule has 0 amide bonds. The monoisotopic (exact) mass is 243 g/mol. The molecule has 4 heteroatoms. The molecule has 0 saturated carbocycles. The summed E-state index contributed by atoms with van der Waals surface area (Å²) < 4.78 is 0. The Bertz CT molecular complexity index is 483. The van der Waals surface area contributed by atoms with Gasteiger partial charge in [0.15, 0.2) is 11.6 Å². The van der Waals surface area contributed by atoms with Gasteiger partial charge in [0.05, 0.1) is 6.04 Å². The van der Waals surface area contributed by atoms with E-state index in [0.29, 0.717) is 18.3 Å². The normalized spacial score (nSPS) is 25.6. The SMILES string of the molecule is CCC(=O)C1=NN2C(CC[C@H]2c2ccccc2)N1. The minimum Gasteiger partial charge on any atom is -0.344 e. The lowest BCUT2D eigenvalue weighted by atomic mass is 10.1. The van der Waals surface area contributed by atoms with Crippen molar-refractivity contribution in [2.45, 2.75) is 38.4 Å². The molecule has 1 aromatic carbocycles. The third-order valence-corrected chi connectivity index (χ3v) is 3.64. The van der Waals surface area contributed by atoms with Crippen molar-refractivity contribution in [2.24, 2.45) is 5.10 Å². The topological polar surface area (TPSA) is 44.7 Å². The van der Waals surface area contributed by atoms with Crippen LogP contribution in [0.1, 0.15) is 37.8 Å². The fourth-order valence-electron chi connectivity index (χ4n) is 2.68. The van der Waals surface area contributed by atoms with Gasteiger partial charge in [-0.05, 0) is 18.4 Å². The maximum absolute atomic E-state index is 11.7. The highest BCUT2D eigenvalue weighted by Gasteiger charge is 2.39. The molecule has 0 spiro atoms. The van der Waals surface area contributed by atoms with Crippen molar-refractivity contribution in [1.82, 2.24) is 10.3 Å². The van der Waals surface area contributed by atoms with Crippen molar-refractivity contribution < 1.29 is 4.79 Å². The van der Waals surface area contributed by atoms with E-state index in [-0.39, 0.29) is 11.9 Å². The van der Waals surface area contributed by atoms with Gasteiger partial charge < -0.3 is 5.32 Å². The van der Waals surface area contributed by atoms with Gasteiger partial charge >= 0.3 is 0 Å². The molecule has 3 rings (SSSR count). The molecule has 18 heavy (non-hydrogen) atoms. The third-order valence-electron chi connectivity index (χ3n) is 3.64. The van der Waals surface area contributed by atoms with E-state index in [0.717, 1.165) is 12.8 Å². The van der Waals surface area contributed by atoms with Crippen molar-refractivity contribution in [1.29, 1.82) is 0 Å². The first-order valence-electron chi connectivity index (χ1n) is 6.51. The number of nitrogens with one attached hydrogen (secondary N) is 1. The molecule has 0 aliphatic carbocycles. The number of hydrazone groups is 1. The highest BCUT2D eigenvalue weighted by molar-refractivity contribution is 6.39. The van der Waals surface area contributed by atoms with Crippen LogP contribution in [-0.2, 0) is 4.79 Å². The van der Waals surface area contributed by atoms with Crippen molar-refractivity contribution in [3.8, 4) is 0 Å². The van der Waals surface area contributed by atoms with Crippen molar-refractivity contribution in [3.63, 3.8) is 0 Å². The Balaban J connectivity index is 1.84. The molecule has 4 nitrogen and oxygen atoms in total. The first kappa shape index (κ1) is 11.3. The summed E-state index contributed by atoms with van der Waals surface area (Å²) in [4.78, 5) is 11.7. The van der Waals surface area contributed by atoms with E-state index in [9.17, 15) is 4.79 Å². The summed E-state index contributed by atoms with van der Waals surface area (Å²) in [6.07, 6.45) is 2.81. The highest BCUT2D eigenvalue weighted by atomic mass is 16.1. The number of benzene rings is 1. The summed E-state index contributed by atoms with van der Waals surface area (Å²) in [6.45, 7) is 1.87. The van der Waals surface area contributed by atoms with Gasteiger partial charge in [-0.25, -0.2) is 0 Å². The molecule has 2 atom stereocenters. The molecule has 2 aliphatic heterocycles. The Morgan fingerprint density at radius 2 is 2.17 bits per heavy atom. The number of ketones is 1. The second-order valence-corrected chi connectivity index (χ2v) is 4.77. The Labute approximate surface area is 107 Å². The fraction of sp³-hybridized carbons (Fsp3) is 0.429. The van der Waals surface area contributed by atoms with E-state index in [1.54, 1.807) is 0 Å². The van der Waals surface area contributed by atoms with Crippen LogP contribution in [0.3, 0.4) is 0 Å². The minimum absolute atomic E-state index is 0.0937. The Hall–Kier alpha value is -1.84. The van der Waals surface area contributed by atoms with Crippen molar-refractivity contribution in [3.05, 3.63) is 35.9 Å². The second-order valence-electron chi connectivity index (χ2n) is 4.77. The second kappa shape index (κ2) is 4.44. The average Bonchev–Trinajstić information content (AvgIpc) is 2.98. The molecular formula is C14H17N3O. The van der Waals surface area contributed by atoms with Gasteiger partial charge in [-0.1, -0.05) is 37.3 Å². The van der Waals surface area contributed by atoms with E-state index in [4.69, 9.17) is 0 Å². The zero-order valence-electron chi connectivity index (χ0n) is 10.5. The molecule has 0 aromatic heterocycles. The number of hydrogen-bond donors (Lipinski definition) is 1. The largest absolute Gasteiger partial charge is 0.344 e. The van der Waals surface area contributed by atoms with Crippen LogP contribution in [0.5, 0.6) is 0 Å². The van der Waals surface area contributed by atoms with Crippen LogP contribution in [0, 0.1) is 0 Å². The summed E-state index contributed by atoms with van der Waals surface area (Å²) in [6, 6.07) is 10.7. The van der Waals surface area contributed by atoms with Gasteiger partial charge in [-0.2, -0.15) is 5.10 Å². The molecule has 0 bridgehead atoms. The predicted octanol–water partition coefficient (Wildman–Crippen LogP) is 2.05. The van der Waals surface area contributed by atoms with E-state index in [1.165, 1.54) is 5.56 Å². The molecule has 1 saturated heterocycles. The molecule has 1 fully saturated rings. The molecule has 0 radical (unpaired) electrons. The first-order valence-corrected chi connectivity index (χ1v) is 6.51. The lowest BCUT2D eigenvalue weighted by Gasteiger charge is -2.21. The lowest BCUT2D eigenvalue weighted by molar-refractivity contribution is -0.112. The number of amidine groups is 1. The average molecular weight is 243 g/mol. The number of nitrogens with zero attached hydrogens (tertiary/aromatic N) is 2. The Kier molecular flexibility index (Phi) is 2.78. The smallest absolute Gasteiger partial charge is 0.199 e. The number of rotatable bonds is 3. The molecule has 2 heterocycles. The van der Waals surface area contributed by atoms with E-state index < -0.39 is 0 Å². The highest BCUT2D eigenvalue weighted by Crippen LogP contribution is 2.37. The number of hydrogen-bond acceptors (Lipinski definition) is 4. The third kappa shape index (κ3) is 1.78. The number of carbonyl (C=O) groups is 1. The zero-order chi connectivity index (χ0) is 12.5. The first-order chi connectivity index (χ1) is 8.79. The maximum atomic E-state index is 11.7. The maximum Gasteiger partial charge on any atom is 0.199 e. The van der Waals surface area contributed by atoms with Gasteiger partial charge in [-0.3, -0.25) is 9.80 Å². The lowest BCUT2D eigenvalue weighted by Crippen LogP contribution is -2.36.